The number of aromatic nitrogens is 3. The van der Waals surface area contributed by atoms with E-state index in [1.165, 1.54) is 0 Å². The van der Waals surface area contributed by atoms with Crippen LogP contribution in [-0.2, 0) is 6.42 Å². The highest BCUT2D eigenvalue weighted by Gasteiger charge is 2.17. The molecule has 0 fully saturated rings. The van der Waals surface area contributed by atoms with E-state index in [0.29, 0.717) is 11.0 Å². The Hall–Kier alpha value is -3.74. The van der Waals surface area contributed by atoms with Crippen LogP contribution in [0.4, 0.5) is 5.95 Å². The van der Waals surface area contributed by atoms with Crippen molar-refractivity contribution in [3.05, 3.63) is 65.5 Å². The van der Waals surface area contributed by atoms with Crippen LogP contribution in [0.5, 0.6) is 0 Å². The first-order valence-electron chi connectivity index (χ1n) is 8.97. The molecule has 0 aliphatic rings. The third-order valence-corrected chi connectivity index (χ3v) is 4.51. The van der Waals surface area contributed by atoms with Crippen LogP contribution >= 0.6 is 0 Å². The van der Waals surface area contributed by atoms with E-state index in [4.69, 9.17) is 0 Å². The number of carboxylic acid groups (broad SMARTS) is 1. The Morgan fingerprint density at radius 3 is 2.68 bits per heavy atom. The number of nitrogens with zero attached hydrogens (tertiary/aromatic N) is 2. The number of pyridine rings is 1. The first kappa shape index (κ1) is 17.7. The number of fused-ring (bicyclic) bond motifs is 2. The number of carbonyl (C=O) groups is 2. The Kier molecular flexibility index (Phi) is 4.49. The molecule has 140 valence electrons. The third kappa shape index (κ3) is 3.29. The Balaban J connectivity index is 1.67. The number of imidazole rings is 1. The maximum Gasteiger partial charge on any atom is 0.337 e. The average molecular weight is 374 g/mol. The molecule has 28 heavy (non-hydrogen) atoms. The standard InChI is InChI=1S/C21H18N4O3/c1-2-5-12-8-15(20(27)28)18-16(9-12)23-21(24-18)25-19(26)17-10-13-6-3-4-7-14(13)11-22-17/h3-4,6-11H,2,5H2,1H3,(H,27,28)(H2,23,24,25,26). The summed E-state index contributed by atoms with van der Waals surface area (Å²) in [4.78, 5) is 35.6. The number of aromatic carboxylic acids is 1. The lowest BCUT2D eigenvalue weighted by Gasteiger charge is -2.03. The first-order chi connectivity index (χ1) is 13.5. The van der Waals surface area contributed by atoms with Gasteiger partial charge in [-0.25, -0.2) is 9.78 Å². The van der Waals surface area contributed by atoms with Crippen LogP contribution in [-0.4, -0.2) is 31.9 Å². The Bertz CT molecular complexity index is 1210. The maximum atomic E-state index is 12.6. The van der Waals surface area contributed by atoms with E-state index in [9.17, 15) is 14.7 Å². The summed E-state index contributed by atoms with van der Waals surface area (Å²) in [5, 5.41) is 14.0. The van der Waals surface area contributed by atoms with Crippen molar-refractivity contribution in [2.24, 2.45) is 0 Å². The summed E-state index contributed by atoms with van der Waals surface area (Å²) >= 11 is 0. The van der Waals surface area contributed by atoms with Gasteiger partial charge in [-0.1, -0.05) is 37.6 Å². The fourth-order valence-corrected chi connectivity index (χ4v) is 3.21. The topological polar surface area (TPSA) is 108 Å². The third-order valence-electron chi connectivity index (χ3n) is 4.51. The number of hydrogen-bond acceptors (Lipinski definition) is 4. The van der Waals surface area contributed by atoms with Gasteiger partial charge in [0.2, 0.25) is 5.95 Å². The van der Waals surface area contributed by atoms with Gasteiger partial charge < -0.3 is 10.1 Å². The number of H-pyrrole nitrogens is 1. The summed E-state index contributed by atoms with van der Waals surface area (Å²) in [5.41, 5.74) is 2.16. The summed E-state index contributed by atoms with van der Waals surface area (Å²) < 4.78 is 0. The van der Waals surface area contributed by atoms with Crippen molar-refractivity contribution < 1.29 is 14.7 Å². The molecular weight excluding hydrogens is 356 g/mol. The number of nitrogens with one attached hydrogen (secondary N) is 2. The molecular formula is C21H18N4O3. The lowest BCUT2D eigenvalue weighted by molar-refractivity contribution is 0.0698. The quantitative estimate of drug-likeness (QED) is 0.489. The normalized spacial score (nSPS) is 11.0. The zero-order chi connectivity index (χ0) is 19.7. The minimum atomic E-state index is -1.05. The molecule has 4 aromatic rings. The summed E-state index contributed by atoms with van der Waals surface area (Å²) in [7, 11) is 0. The Morgan fingerprint density at radius 1 is 1.14 bits per heavy atom. The van der Waals surface area contributed by atoms with Crippen LogP contribution in [0.3, 0.4) is 0 Å². The number of carboxylic acids is 1. The van der Waals surface area contributed by atoms with Gasteiger partial charge in [0.05, 0.1) is 11.1 Å². The molecule has 0 radical (unpaired) electrons. The van der Waals surface area contributed by atoms with Crippen LogP contribution in [0.2, 0.25) is 0 Å². The van der Waals surface area contributed by atoms with Gasteiger partial charge >= 0.3 is 5.97 Å². The molecule has 0 aliphatic heterocycles. The van der Waals surface area contributed by atoms with Gasteiger partial charge in [0.15, 0.2) is 0 Å². The number of benzene rings is 2. The molecule has 2 aromatic heterocycles. The minimum Gasteiger partial charge on any atom is -0.478 e. The second-order valence-corrected chi connectivity index (χ2v) is 6.55. The van der Waals surface area contributed by atoms with Crippen LogP contribution in [0.25, 0.3) is 21.8 Å². The average Bonchev–Trinajstić information content (AvgIpc) is 3.09. The fraction of sp³-hybridized carbons (Fsp3) is 0.143. The van der Waals surface area contributed by atoms with Crippen LogP contribution < -0.4 is 5.32 Å². The lowest BCUT2D eigenvalue weighted by Crippen LogP contribution is -2.14. The van der Waals surface area contributed by atoms with Crippen molar-refractivity contribution >= 4 is 39.6 Å². The number of aromatic amines is 1. The molecule has 2 aromatic carbocycles. The molecule has 0 bridgehead atoms. The smallest absolute Gasteiger partial charge is 0.337 e. The van der Waals surface area contributed by atoms with Gasteiger partial charge in [0.1, 0.15) is 11.2 Å². The molecule has 0 atom stereocenters. The van der Waals surface area contributed by atoms with E-state index in [-0.39, 0.29) is 17.2 Å². The maximum absolute atomic E-state index is 12.6. The van der Waals surface area contributed by atoms with Crippen molar-refractivity contribution in [2.75, 3.05) is 5.32 Å². The number of carbonyl (C=O) groups excluding carboxylic acids is 1. The summed E-state index contributed by atoms with van der Waals surface area (Å²) in [6.45, 7) is 2.03. The zero-order valence-corrected chi connectivity index (χ0v) is 15.2. The van der Waals surface area contributed by atoms with E-state index in [1.807, 2.05) is 37.3 Å². The number of aryl methyl sites for hydroxylation is 1. The van der Waals surface area contributed by atoms with Crippen molar-refractivity contribution in [1.29, 1.82) is 0 Å². The van der Waals surface area contributed by atoms with Crippen LogP contribution in [0, 0.1) is 0 Å². The highest BCUT2D eigenvalue weighted by molar-refractivity contribution is 6.06. The van der Waals surface area contributed by atoms with E-state index < -0.39 is 11.9 Å². The largest absolute Gasteiger partial charge is 0.478 e. The van der Waals surface area contributed by atoms with E-state index in [0.717, 1.165) is 29.2 Å². The molecule has 7 nitrogen and oxygen atoms in total. The van der Waals surface area contributed by atoms with Crippen molar-refractivity contribution in [2.45, 2.75) is 19.8 Å². The van der Waals surface area contributed by atoms with Gasteiger partial charge in [-0.2, -0.15) is 0 Å². The Labute approximate surface area is 160 Å². The molecule has 0 unspecified atom stereocenters. The predicted molar refractivity (Wildman–Crippen MR) is 107 cm³/mol. The molecule has 1 amide bonds. The zero-order valence-electron chi connectivity index (χ0n) is 15.2. The van der Waals surface area contributed by atoms with Crippen LogP contribution in [0.15, 0.2) is 48.7 Å². The fourth-order valence-electron chi connectivity index (χ4n) is 3.21. The lowest BCUT2D eigenvalue weighted by atomic mass is 10.1. The molecule has 7 heteroatoms. The SMILES string of the molecule is CCCc1cc(C(=O)O)c2nc(NC(=O)c3cc4ccccc4cn3)[nH]c2c1. The van der Waals surface area contributed by atoms with Gasteiger partial charge in [-0.05, 0) is 35.6 Å². The van der Waals surface area contributed by atoms with Crippen molar-refractivity contribution in [3.8, 4) is 0 Å². The van der Waals surface area contributed by atoms with Crippen molar-refractivity contribution in [3.63, 3.8) is 0 Å². The first-order valence-corrected chi connectivity index (χ1v) is 8.97. The highest BCUT2D eigenvalue weighted by atomic mass is 16.4. The van der Waals surface area contributed by atoms with Gasteiger partial charge in [-0.3, -0.25) is 15.1 Å². The van der Waals surface area contributed by atoms with Gasteiger partial charge in [0.25, 0.3) is 5.91 Å². The number of hydrogen-bond donors (Lipinski definition) is 3. The molecule has 3 N–H and O–H groups in total. The molecule has 4 rings (SSSR count). The summed E-state index contributed by atoms with van der Waals surface area (Å²) in [6, 6.07) is 12.8. The van der Waals surface area contributed by atoms with E-state index >= 15 is 0 Å². The number of amides is 1. The molecule has 2 heterocycles. The van der Waals surface area contributed by atoms with Crippen molar-refractivity contribution in [1.82, 2.24) is 15.0 Å². The van der Waals surface area contributed by atoms with Gasteiger partial charge in [-0.15, -0.1) is 0 Å². The summed E-state index contributed by atoms with van der Waals surface area (Å²) in [6.07, 6.45) is 3.30. The predicted octanol–water partition coefficient (Wildman–Crippen LogP) is 4.01. The molecule has 0 saturated carbocycles. The molecule has 0 aliphatic carbocycles. The second kappa shape index (κ2) is 7.11. The van der Waals surface area contributed by atoms with E-state index in [1.54, 1.807) is 18.3 Å². The summed E-state index contributed by atoms with van der Waals surface area (Å²) in [5.74, 6) is -1.29. The highest BCUT2D eigenvalue weighted by Crippen LogP contribution is 2.23. The second-order valence-electron chi connectivity index (χ2n) is 6.55. The Morgan fingerprint density at radius 2 is 1.93 bits per heavy atom. The van der Waals surface area contributed by atoms with E-state index in [2.05, 4.69) is 20.3 Å². The number of anilines is 1. The van der Waals surface area contributed by atoms with Gasteiger partial charge in [0, 0.05) is 11.6 Å². The van der Waals surface area contributed by atoms with Crippen LogP contribution in [0.1, 0.15) is 39.8 Å². The molecule has 0 spiro atoms. The minimum absolute atomic E-state index is 0.113. The molecule has 0 saturated heterocycles. The number of rotatable bonds is 5. The monoisotopic (exact) mass is 374 g/mol.